The fourth-order valence-corrected chi connectivity index (χ4v) is 1.74. The minimum absolute atomic E-state index is 0.341. The number of rotatable bonds is 1. The lowest BCUT2D eigenvalue weighted by Gasteiger charge is -2.19. The summed E-state index contributed by atoms with van der Waals surface area (Å²) in [6.07, 6.45) is 0.820. The third-order valence-corrected chi connectivity index (χ3v) is 2.40. The molecule has 0 saturated heterocycles. The molecule has 1 aromatic rings. The quantitative estimate of drug-likeness (QED) is 0.697. The van der Waals surface area contributed by atoms with Gasteiger partial charge >= 0.3 is 5.97 Å². The molecule has 0 amide bonds. The Kier molecular flexibility index (Phi) is 2.71. The van der Waals surface area contributed by atoms with E-state index in [1.807, 2.05) is 20.8 Å². The Morgan fingerprint density at radius 3 is 2.88 bits per heavy atom. The fraction of sp³-hybridized carbons (Fsp3) is 0.636. The van der Waals surface area contributed by atoms with Crippen molar-refractivity contribution in [1.82, 2.24) is 15.5 Å². The molecule has 0 fully saturated rings. The van der Waals surface area contributed by atoms with Gasteiger partial charge in [-0.3, -0.25) is 5.10 Å². The number of hydrogen-bond donors (Lipinski definition) is 2. The van der Waals surface area contributed by atoms with E-state index in [0.717, 1.165) is 30.8 Å². The second-order valence-electron chi connectivity index (χ2n) is 4.96. The van der Waals surface area contributed by atoms with Crippen LogP contribution in [0.25, 0.3) is 0 Å². The van der Waals surface area contributed by atoms with Crippen molar-refractivity contribution in [2.24, 2.45) is 0 Å². The Morgan fingerprint density at radius 1 is 1.44 bits per heavy atom. The summed E-state index contributed by atoms with van der Waals surface area (Å²) in [6, 6.07) is 0. The number of ether oxygens (including phenoxy) is 1. The number of esters is 1. The van der Waals surface area contributed by atoms with E-state index >= 15 is 0 Å². The van der Waals surface area contributed by atoms with Gasteiger partial charge < -0.3 is 10.1 Å². The zero-order chi connectivity index (χ0) is 11.8. The first-order chi connectivity index (χ1) is 7.47. The largest absolute Gasteiger partial charge is 0.455 e. The first-order valence-corrected chi connectivity index (χ1v) is 5.47. The van der Waals surface area contributed by atoms with Crippen molar-refractivity contribution < 1.29 is 9.53 Å². The molecule has 1 aliphatic heterocycles. The normalized spacial score (nSPS) is 15.7. The van der Waals surface area contributed by atoms with Crippen molar-refractivity contribution in [2.45, 2.75) is 39.3 Å². The smallest absolute Gasteiger partial charge is 0.359 e. The summed E-state index contributed by atoms with van der Waals surface area (Å²) >= 11 is 0. The highest BCUT2D eigenvalue weighted by molar-refractivity contribution is 5.89. The average Bonchev–Trinajstić information content (AvgIpc) is 2.58. The highest BCUT2D eigenvalue weighted by atomic mass is 16.6. The molecule has 5 heteroatoms. The van der Waals surface area contributed by atoms with E-state index in [-0.39, 0.29) is 5.97 Å². The Balaban J connectivity index is 2.21. The van der Waals surface area contributed by atoms with Crippen molar-refractivity contribution in [3.05, 3.63) is 17.0 Å². The lowest BCUT2D eigenvalue weighted by molar-refractivity contribution is 0.00616. The van der Waals surface area contributed by atoms with Gasteiger partial charge in [0, 0.05) is 12.1 Å². The lowest BCUT2D eigenvalue weighted by atomic mass is 10.1. The highest BCUT2D eigenvalue weighted by Crippen LogP contribution is 2.18. The van der Waals surface area contributed by atoms with Gasteiger partial charge in [0.05, 0.1) is 5.69 Å². The molecule has 2 N–H and O–H groups in total. The van der Waals surface area contributed by atoms with Gasteiger partial charge in [0.1, 0.15) is 5.60 Å². The summed E-state index contributed by atoms with van der Waals surface area (Å²) in [4.78, 5) is 11.9. The number of H-pyrrole nitrogens is 1. The average molecular weight is 223 g/mol. The van der Waals surface area contributed by atoms with E-state index in [1.54, 1.807) is 0 Å². The number of aromatic amines is 1. The maximum absolute atomic E-state index is 11.9. The predicted octanol–water partition coefficient (Wildman–Crippen LogP) is 1.01. The van der Waals surface area contributed by atoms with Crippen LogP contribution in [0.3, 0.4) is 0 Å². The summed E-state index contributed by atoms with van der Waals surface area (Å²) in [5, 5.41) is 10.1. The molecule has 0 atom stereocenters. The topological polar surface area (TPSA) is 67.0 Å². The number of aromatic nitrogens is 2. The van der Waals surface area contributed by atoms with Crippen molar-refractivity contribution in [3.63, 3.8) is 0 Å². The van der Waals surface area contributed by atoms with Gasteiger partial charge in [-0.2, -0.15) is 5.10 Å². The van der Waals surface area contributed by atoms with E-state index < -0.39 is 5.60 Å². The number of fused-ring (bicyclic) bond motifs is 1. The molecular formula is C11H17N3O2. The third-order valence-electron chi connectivity index (χ3n) is 2.40. The van der Waals surface area contributed by atoms with E-state index in [2.05, 4.69) is 15.5 Å². The van der Waals surface area contributed by atoms with Gasteiger partial charge in [0.25, 0.3) is 0 Å². The van der Waals surface area contributed by atoms with Gasteiger partial charge in [-0.15, -0.1) is 0 Å². The molecule has 0 aliphatic carbocycles. The van der Waals surface area contributed by atoms with Crippen LogP contribution in [0.4, 0.5) is 0 Å². The van der Waals surface area contributed by atoms with Crippen LogP contribution in [0.15, 0.2) is 0 Å². The predicted molar refractivity (Wildman–Crippen MR) is 59.2 cm³/mol. The number of nitrogens with one attached hydrogen (secondary N) is 2. The van der Waals surface area contributed by atoms with Crippen molar-refractivity contribution >= 4 is 5.97 Å². The molecule has 0 saturated carbocycles. The molecule has 16 heavy (non-hydrogen) atoms. The van der Waals surface area contributed by atoms with Crippen LogP contribution >= 0.6 is 0 Å². The first kappa shape index (κ1) is 11.1. The monoisotopic (exact) mass is 223 g/mol. The minimum Gasteiger partial charge on any atom is -0.455 e. The van der Waals surface area contributed by atoms with Gasteiger partial charge in [-0.1, -0.05) is 0 Å². The van der Waals surface area contributed by atoms with Crippen LogP contribution in [0.5, 0.6) is 0 Å². The van der Waals surface area contributed by atoms with E-state index in [1.165, 1.54) is 0 Å². The minimum atomic E-state index is -0.476. The molecule has 1 aromatic heterocycles. The maximum atomic E-state index is 11.9. The molecule has 2 heterocycles. The molecule has 5 nitrogen and oxygen atoms in total. The summed E-state index contributed by atoms with van der Waals surface area (Å²) < 4.78 is 5.31. The molecular weight excluding hydrogens is 206 g/mol. The number of carbonyl (C=O) groups excluding carboxylic acids is 1. The summed E-state index contributed by atoms with van der Waals surface area (Å²) in [7, 11) is 0. The SMILES string of the molecule is CC(C)(C)OC(=O)c1n[nH]c2c1CCNC2. The summed E-state index contributed by atoms with van der Waals surface area (Å²) in [5.74, 6) is -0.341. The van der Waals surface area contributed by atoms with E-state index in [0.29, 0.717) is 5.69 Å². The van der Waals surface area contributed by atoms with E-state index in [4.69, 9.17) is 4.74 Å². The van der Waals surface area contributed by atoms with Crippen LogP contribution < -0.4 is 5.32 Å². The maximum Gasteiger partial charge on any atom is 0.359 e. The van der Waals surface area contributed by atoms with Crippen molar-refractivity contribution in [3.8, 4) is 0 Å². The summed E-state index contributed by atoms with van der Waals surface area (Å²) in [6.45, 7) is 7.18. The molecule has 2 rings (SSSR count). The standard InChI is InChI=1S/C11H17N3O2/c1-11(2,3)16-10(15)9-7-4-5-12-6-8(7)13-14-9/h12H,4-6H2,1-3H3,(H,13,14). The van der Waals surface area contributed by atoms with Crippen LogP contribution in [0.1, 0.15) is 42.5 Å². The molecule has 0 aromatic carbocycles. The van der Waals surface area contributed by atoms with Gasteiger partial charge in [0.15, 0.2) is 5.69 Å². The van der Waals surface area contributed by atoms with Gasteiger partial charge in [-0.05, 0) is 33.7 Å². The second kappa shape index (κ2) is 3.90. The first-order valence-electron chi connectivity index (χ1n) is 5.47. The van der Waals surface area contributed by atoms with Crippen LogP contribution in [0.2, 0.25) is 0 Å². The van der Waals surface area contributed by atoms with E-state index in [9.17, 15) is 4.79 Å². The number of hydrogen-bond acceptors (Lipinski definition) is 4. The Labute approximate surface area is 94.6 Å². The number of carbonyl (C=O) groups is 1. The van der Waals surface area contributed by atoms with Crippen LogP contribution in [-0.4, -0.2) is 28.3 Å². The Morgan fingerprint density at radius 2 is 2.19 bits per heavy atom. The molecule has 0 unspecified atom stereocenters. The molecule has 0 spiro atoms. The van der Waals surface area contributed by atoms with Crippen LogP contribution in [-0.2, 0) is 17.7 Å². The second-order valence-corrected chi connectivity index (χ2v) is 4.96. The zero-order valence-electron chi connectivity index (χ0n) is 9.89. The Hall–Kier alpha value is -1.36. The van der Waals surface area contributed by atoms with Crippen LogP contribution in [0, 0.1) is 0 Å². The molecule has 88 valence electrons. The third kappa shape index (κ3) is 2.24. The van der Waals surface area contributed by atoms with Crippen molar-refractivity contribution in [2.75, 3.05) is 6.54 Å². The molecule has 0 bridgehead atoms. The summed E-state index contributed by atoms with van der Waals surface area (Å²) in [5.41, 5.74) is 1.95. The molecule has 0 radical (unpaired) electrons. The van der Waals surface area contributed by atoms with Gasteiger partial charge in [0.2, 0.25) is 0 Å². The van der Waals surface area contributed by atoms with Gasteiger partial charge in [-0.25, -0.2) is 4.79 Å². The zero-order valence-corrected chi connectivity index (χ0v) is 9.89. The lowest BCUT2D eigenvalue weighted by Crippen LogP contribution is -2.27. The van der Waals surface area contributed by atoms with Crippen molar-refractivity contribution in [1.29, 1.82) is 0 Å². The molecule has 1 aliphatic rings. The fourth-order valence-electron chi connectivity index (χ4n) is 1.74. The Bertz CT molecular complexity index is 404. The highest BCUT2D eigenvalue weighted by Gasteiger charge is 2.25. The number of nitrogens with zero attached hydrogens (tertiary/aromatic N) is 1.